The molecule has 1 N–H and O–H groups in total. The van der Waals surface area contributed by atoms with Crippen LogP contribution in [0.25, 0.3) is 0 Å². The first-order valence-electron chi connectivity index (χ1n) is 17.2. The Labute approximate surface area is 274 Å². The number of rotatable bonds is 29. The quantitative estimate of drug-likeness (QED) is 0.0384. The summed E-state index contributed by atoms with van der Waals surface area (Å²) in [6, 6.07) is -0.616. The van der Waals surface area contributed by atoms with E-state index in [1.807, 2.05) is 21.1 Å². The third-order valence-electron chi connectivity index (χ3n) is 7.24. The molecule has 0 aromatic carbocycles. The summed E-state index contributed by atoms with van der Waals surface area (Å²) in [4.78, 5) is 36.3. The zero-order valence-corrected chi connectivity index (χ0v) is 29.1. The standard InChI is InChI=1S/C37H63NO7/c1-6-8-10-12-13-14-15-16-17-18-19-20-21-22-23-24-26-28-36(40)45-33(32-44-35(39)27-25-11-9-7-2)31-43-30-29-34(37(41)42)38(3,4)5/h8,10,13-14,16-17,19-20,33-34H,6-7,9,11-12,15,18,21-32H2,1-5H3/p+1/b10-8-,14-13-,17-16-,20-19-. The monoisotopic (exact) mass is 634 g/mol. The average Bonchev–Trinajstić information content (AvgIpc) is 2.98. The summed E-state index contributed by atoms with van der Waals surface area (Å²) >= 11 is 0. The third kappa shape index (κ3) is 27.3. The van der Waals surface area contributed by atoms with Crippen molar-refractivity contribution in [3.8, 4) is 0 Å². The fourth-order valence-corrected chi connectivity index (χ4v) is 4.55. The van der Waals surface area contributed by atoms with Crippen molar-refractivity contribution in [2.75, 3.05) is 41.0 Å². The molecule has 2 unspecified atom stereocenters. The molecule has 0 rings (SSSR count). The first-order chi connectivity index (χ1) is 21.6. The van der Waals surface area contributed by atoms with Crippen molar-refractivity contribution in [1.29, 1.82) is 0 Å². The van der Waals surface area contributed by atoms with Crippen LogP contribution < -0.4 is 0 Å². The average molecular weight is 635 g/mol. The van der Waals surface area contributed by atoms with Crippen LogP contribution in [0.15, 0.2) is 48.6 Å². The molecule has 45 heavy (non-hydrogen) atoms. The van der Waals surface area contributed by atoms with Gasteiger partial charge in [-0.3, -0.25) is 9.59 Å². The Bertz CT molecular complexity index is 886. The molecule has 0 spiro atoms. The molecule has 0 heterocycles. The lowest BCUT2D eigenvalue weighted by Gasteiger charge is -2.31. The lowest BCUT2D eigenvalue weighted by Crippen LogP contribution is -2.50. The Morgan fingerprint density at radius 2 is 1.24 bits per heavy atom. The van der Waals surface area contributed by atoms with Gasteiger partial charge in [-0.2, -0.15) is 0 Å². The Hall–Kier alpha value is -2.71. The molecule has 258 valence electrons. The summed E-state index contributed by atoms with van der Waals surface area (Å²) in [7, 11) is 5.48. The van der Waals surface area contributed by atoms with Gasteiger partial charge in [-0.05, 0) is 51.4 Å². The molecular formula is C37H64NO7+. The molecule has 0 saturated carbocycles. The predicted molar refractivity (Wildman–Crippen MR) is 183 cm³/mol. The summed E-state index contributed by atoms with van der Waals surface area (Å²) in [5.41, 5.74) is 0. The number of carboxylic acids is 1. The van der Waals surface area contributed by atoms with E-state index in [1.54, 1.807) is 0 Å². The van der Waals surface area contributed by atoms with Crippen LogP contribution in [0, 0.1) is 0 Å². The first kappa shape index (κ1) is 42.3. The number of quaternary nitrogens is 1. The highest BCUT2D eigenvalue weighted by Crippen LogP contribution is 2.11. The van der Waals surface area contributed by atoms with Crippen LogP contribution in [0.3, 0.4) is 0 Å². The van der Waals surface area contributed by atoms with Crippen molar-refractivity contribution >= 4 is 17.9 Å². The van der Waals surface area contributed by atoms with Crippen molar-refractivity contribution < 1.29 is 38.2 Å². The number of hydrogen-bond acceptors (Lipinski definition) is 6. The van der Waals surface area contributed by atoms with Crippen LogP contribution in [0.5, 0.6) is 0 Å². The molecule has 0 bridgehead atoms. The van der Waals surface area contributed by atoms with Crippen LogP contribution in [-0.4, -0.2) is 80.6 Å². The van der Waals surface area contributed by atoms with E-state index >= 15 is 0 Å². The van der Waals surface area contributed by atoms with E-state index in [0.717, 1.165) is 83.5 Å². The smallest absolute Gasteiger partial charge is 0.362 e. The molecule has 0 aromatic rings. The van der Waals surface area contributed by atoms with Crippen molar-refractivity contribution in [2.45, 2.75) is 129 Å². The van der Waals surface area contributed by atoms with Gasteiger partial charge in [-0.15, -0.1) is 0 Å². The molecule has 0 aliphatic heterocycles. The number of ether oxygens (including phenoxy) is 3. The van der Waals surface area contributed by atoms with Crippen LogP contribution >= 0.6 is 0 Å². The number of allylic oxidation sites excluding steroid dienone is 8. The largest absolute Gasteiger partial charge is 0.477 e. The summed E-state index contributed by atoms with van der Waals surface area (Å²) in [5, 5.41) is 9.52. The van der Waals surface area contributed by atoms with Gasteiger partial charge in [0, 0.05) is 19.3 Å². The molecule has 2 atom stereocenters. The molecule has 0 radical (unpaired) electrons. The van der Waals surface area contributed by atoms with E-state index in [-0.39, 0.29) is 36.2 Å². The lowest BCUT2D eigenvalue weighted by atomic mass is 10.1. The lowest BCUT2D eigenvalue weighted by molar-refractivity contribution is -0.887. The number of nitrogens with zero attached hydrogens (tertiary/aromatic N) is 1. The molecule has 0 aromatic heterocycles. The number of unbranched alkanes of at least 4 members (excludes halogenated alkanes) is 7. The molecule has 0 fully saturated rings. The molecule has 0 aliphatic rings. The van der Waals surface area contributed by atoms with Gasteiger partial charge in [0.05, 0.1) is 34.4 Å². The highest BCUT2D eigenvalue weighted by Gasteiger charge is 2.31. The van der Waals surface area contributed by atoms with E-state index in [0.29, 0.717) is 19.3 Å². The number of carbonyl (C=O) groups excluding carboxylic acids is 2. The topological polar surface area (TPSA) is 99.1 Å². The molecule has 0 amide bonds. The van der Waals surface area contributed by atoms with E-state index in [4.69, 9.17) is 14.2 Å². The van der Waals surface area contributed by atoms with Gasteiger partial charge in [0.1, 0.15) is 6.61 Å². The minimum Gasteiger partial charge on any atom is -0.477 e. The summed E-state index contributed by atoms with van der Waals surface area (Å²) < 4.78 is 17.0. The fraction of sp³-hybridized carbons (Fsp3) is 0.703. The summed E-state index contributed by atoms with van der Waals surface area (Å²) in [6.45, 7) is 4.44. The van der Waals surface area contributed by atoms with Crippen LogP contribution in [0.4, 0.5) is 0 Å². The van der Waals surface area contributed by atoms with Gasteiger partial charge in [0.2, 0.25) is 0 Å². The Morgan fingerprint density at radius 1 is 0.689 bits per heavy atom. The van der Waals surface area contributed by atoms with Crippen LogP contribution in [-0.2, 0) is 28.6 Å². The minimum atomic E-state index is -0.885. The van der Waals surface area contributed by atoms with Crippen molar-refractivity contribution in [3.63, 3.8) is 0 Å². The Balaban J connectivity index is 4.37. The normalized spacial score (nSPS) is 13.7. The Morgan fingerprint density at radius 3 is 1.82 bits per heavy atom. The number of likely N-dealkylation sites (N-methyl/N-ethyl adjacent to an activating group) is 1. The number of esters is 2. The number of carbonyl (C=O) groups is 3. The van der Waals surface area contributed by atoms with Gasteiger partial charge in [-0.25, -0.2) is 4.79 Å². The van der Waals surface area contributed by atoms with Gasteiger partial charge in [0.25, 0.3) is 0 Å². The second-order valence-electron chi connectivity index (χ2n) is 12.4. The maximum absolute atomic E-state index is 12.5. The molecule has 8 nitrogen and oxygen atoms in total. The van der Waals surface area contributed by atoms with E-state index < -0.39 is 18.1 Å². The predicted octanol–water partition coefficient (Wildman–Crippen LogP) is 8.12. The highest BCUT2D eigenvalue weighted by atomic mass is 16.6. The van der Waals surface area contributed by atoms with Crippen molar-refractivity contribution in [1.82, 2.24) is 0 Å². The van der Waals surface area contributed by atoms with Crippen molar-refractivity contribution in [2.24, 2.45) is 0 Å². The minimum absolute atomic E-state index is 0.0488. The van der Waals surface area contributed by atoms with E-state index in [9.17, 15) is 19.5 Å². The Kier molecular flexibility index (Phi) is 27.0. The highest BCUT2D eigenvalue weighted by molar-refractivity contribution is 5.72. The van der Waals surface area contributed by atoms with Gasteiger partial charge < -0.3 is 23.8 Å². The van der Waals surface area contributed by atoms with Gasteiger partial charge in [-0.1, -0.05) is 94.6 Å². The molecule has 8 heteroatoms. The fourth-order valence-electron chi connectivity index (χ4n) is 4.55. The second kappa shape index (κ2) is 28.7. The van der Waals surface area contributed by atoms with E-state index in [2.05, 4.69) is 62.5 Å². The SMILES string of the molecule is CC/C=C\C/C=C\C/C=C\C/C=C\CCCCCCC(=O)OC(COCCC(C(=O)O)[N+](C)(C)C)COC(=O)CCCCCC. The molecule has 0 saturated heterocycles. The number of aliphatic carboxylic acids is 1. The second-order valence-corrected chi connectivity index (χ2v) is 12.4. The summed E-state index contributed by atoms with van der Waals surface area (Å²) in [6.07, 6.45) is 30.6. The molecule has 0 aliphatic carbocycles. The first-order valence-corrected chi connectivity index (χ1v) is 17.2. The van der Waals surface area contributed by atoms with Gasteiger partial charge in [0.15, 0.2) is 12.1 Å². The van der Waals surface area contributed by atoms with Crippen LogP contribution in [0.2, 0.25) is 0 Å². The molecular weight excluding hydrogens is 570 g/mol. The van der Waals surface area contributed by atoms with E-state index in [1.165, 1.54) is 0 Å². The number of carboxylic acid groups (broad SMARTS) is 1. The van der Waals surface area contributed by atoms with Crippen LogP contribution in [0.1, 0.15) is 117 Å². The van der Waals surface area contributed by atoms with Gasteiger partial charge >= 0.3 is 17.9 Å². The summed E-state index contributed by atoms with van der Waals surface area (Å²) in [5.74, 6) is -1.53. The zero-order chi connectivity index (χ0) is 33.6. The number of hydrogen-bond donors (Lipinski definition) is 1. The maximum Gasteiger partial charge on any atom is 0.362 e. The zero-order valence-electron chi connectivity index (χ0n) is 29.1. The van der Waals surface area contributed by atoms with Crippen molar-refractivity contribution in [3.05, 3.63) is 48.6 Å². The third-order valence-corrected chi connectivity index (χ3v) is 7.24. The maximum atomic E-state index is 12.5.